The standard InChI is InChI=1S/C55H80N2O4.C5H12O.CH3F/c1-15-43(33-34-56-39-42-24-18-17-19-25-42)52(53(5,6)7)61-50(16-2)44(26-21-20-23-41(4)54(8,9)47-37-45(59-13)29-27-40(47)3)28-32-51-55(10,11)48-38-46(60-14)30-31-49(48)57(51)35-22-36-58-12;1-3-4-5-6-2;1-2/h15-16,20,23,27-34,37-38,42,52,56H,4,17-19,21-22,24-26,35-36,39H2,1-3,5-14H3;3-5H2,1-2H3;1H3/p+1/b23-20+,34-33-,43-15+,44-28+,50-16+,51-32+;;. The number of methoxy groups -OCH3 is 4. The predicted octanol–water partition coefficient (Wildman–Crippen LogP) is 14.8. The fourth-order valence-electron chi connectivity index (χ4n) is 9.30. The zero-order valence-corrected chi connectivity index (χ0v) is 46.3. The first-order valence-corrected chi connectivity index (χ1v) is 25.7. The first kappa shape index (κ1) is 60.8. The van der Waals surface area contributed by atoms with Crippen LogP contribution in [-0.2, 0) is 25.0 Å². The minimum atomic E-state index is -0.266. The Bertz CT molecular complexity index is 2020. The van der Waals surface area contributed by atoms with Crippen LogP contribution in [0.15, 0.2) is 120 Å². The summed E-state index contributed by atoms with van der Waals surface area (Å²) in [6.07, 6.45) is 29.7. The Hall–Kier alpha value is -4.37. The van der Waals surface area contributed by atoms with Crippen molar-refractivity contribution in [2.75, 3.05) is 66.8 Å². The van der Waals surface area contributed by atoms with Crippen LogP contribution in [0.1, 0.15) is 150 Å². The summed E-state index contributed by atoms with van der Waals surface area (Å²) >= 11 is 0. The van der Waals surface area contributed by atoms with Crippen molar-refractivity contribution >= 4 is 5.69 Å². The molecule has 2 N–H and O–H groups in total. The zero-order chi connectivity index (χ0) is 51.6. The first-order valence-electron chi connectivity index (χ1n) is 25.7. The number of fused-ring (bicyclic) bond motifs is 1. The molecular formula is C61H96FN2O5+. The molecule has 1 atom stereocenters. The highest BCUT2D eigenvalue weighted by Crippen LogP contribution is 2.49. The number of benzene rings is 2. The molecule has 0 amide bonds. The maximum Gasteiger partial charge on any atom is 0.128 e. The number of allylic oxidation sites excluding steroid dienone is 9. The van der Waals surface area contributed by atoms with Crippen molar-refractivity contribution in [1.29, 1.82) is 0 Å². The van der Waals surface area contributed by atoms with E-state index in [1.807, 2.05) is 6.07 Å². The quantitative estimate of drug-likeness (QED) is 0.0642. The summed E-state index contributed by atoms with van der Waals surface area (Å²) in [5, 5.41) is 2.37. The van der Waals surface area contributed by atoms with E-state index < -0.39 is 0 Å². The molecule has 1 fully saturated rings. The molecule has 0 aromatic heterocycles. The van der Waals surface area contributed by atoms with Gasteiger partial charge in [-0.1, -0.05) is 118 Å². The Labute approximate surface area is 421 Å². The summed E-state index contributed by atoms with van der Waals surface area (Å²) in [7, 11) is 7.47. The van der Waals surface area contributed by atoms with Crippen LogP contribution < -0.4 is 19.7 Å². The lowest BCUT2D eigenvalue weighted by atomic mass is 9.76. The van der Waals surface area contributed by atoms with Gasteiger partial charge in [-0.3, -0.25) is 4.39 Å². The van der Waals surface area contributed by atoms with Crippen molar-refractivity contribution < 1.29 is 33.4 Å². The van der Waals surface area contributed by atoms with Gasteiger partial charge in [0.05, 0.1) is 34.1 Å². The van der Waals surface area contributed by atoms with E-state index in [4.69, 9.17) is 23.7 Å². The number of hydrogen-bond acceptors (Lipinski definition) is 6. The van der Waals surface area contributed by atoms with E-state index in [2.05, 4.69) is 172 Å². The van der Waals surface area contributed by atoms with Crippen LogP contribution in [0.5, 0.6) is 11.5 Å². The van der Waals surface area contributed by atoms with E-state index in [0.29, 0.717) is 13.8 Å². The van der Waals surface area contributed by atoms with Gasteiger partial charge < -0.3 is 33.9 Å². The number of hydrogen-bond donors (Lipinski definition) is 1. The number of quaternary nitrogens is 1. The largest absolute Gasteiger partial charge is 0.497 e. The van der Waals surface area contributed by atoms with Gasteiger partial charge >= 0.3 is 0 Å². The van der Waals surface area contributed by atoms with Crippen LogP contribution >= 0.6 is 0 Å². The van der Waals surface area contributed by atoms with Gasteiger partial charge in [-0.2, -0.15) is 0 Å². The van der Waals surface area contributed by atoms with Crippen molar-refractivity contribution in [3.8, 4) is 11.5 Å². The van der Waals surface area contributed by atoms with E-state index in [9.17, 15) is 4.39 Å². The smallest absolute Gasteiger partial charge is 0.128 e. The lowest BCUT2D eigenvalue weighted by Crippen LogP contribution is -2.79. The van der Waals surface area contributed by atoms with Gasteiger partial charge in [0.1, 0.15) is 23.4 Å². The van der Waals surface area contributed by atoms with E-state index in [0.717, 1.165) is 73.3 Å². The molecule has 0 bridgehead atoms. The van der Waals surface area contributed by atoms with Crippen LogP contribution in [0.3, 0.4) is 0 Å². The van der Waals surface area contributed by atoms with E-state index in [1.165, 1.54) is 78.6 Å². The Balaban J connectivity index is 0.00000189. The molecule has 2 aliphatic rings. The summed E-state index contributed by atoms with van der Waals surface area (Å²) in [4.78, 5) is 2.47. The number of alkyl halides is 1. The van der Waals surface area contributed by atoms with Gasteiger partial charge in [0.25, 0.3) is 0 Å². The van der Waals surface area contributed by atoms with Gasteiger partial charge in [0.2, 0.25) is 0 Å². The topological polar surface area (TPSA) is 66.0 Å². The molecule has 1 unspecified atom stereocenters. The van der Waals surface area contributed by atoms with Crippen molar-refractivity contribution in [2.45, 2.75) is 157 Å². The van der Waals surface area contributed by atoms with Gasteiger partial charge in [-0.05, 0) is 141 Å². The summed E-state index contributed by atoms with van der Waals surface area (Å²) in [5.41, 5.74) is 8.93. The molecule has 2 aromatic carbocycles. The third kappa shape index (κ3) is 18.4. The van der Waals surface area contributed by atoms with Crippen molar-refractivity contribution in [3.05, 3.63) is 137 Å². The third-order valence-corrected chi connectivity index (χ3v) is 13.7. The number of aryl methyl sites for hydroxylation is 1. The molecular weight excluding hydrogens is 860 g/mol. The van der Waals surface area contributed by atoms with Crippen LogP contribution in [0.2, 0.25) is 0 Å². The van der Waals surface area contributed by atoms with Gasteiger partial charge in [-0.25, -0.2) is 0 Å². The van der Waals surface area contributed by atoms with E-state index >= 15 is 0 Å². The molecule has 1 saturated carbocycles. The normalized spacial score (nSPS) is 16.8. The van der Waals surface area contributed by atoms with Crippen LogP contribution in [0.25, 0.3) is 0 Å². The minimum Gasteiger partial charge on any atom is -0.497 e. The monoisotopic (exact) mass is 956 g/mol. The lowest BCUT2D eigenvalue weighted by Gasteiger charge is -2.33. The number of rotatable bonds is 24. The van der Waals surface area contributed by atoms with Crippen LogP contribution in [-0.4, -0.2) is 68.0 Å². The molecule has 0 radical (unpaired) electrons. The van der Waals surface area contributed by atoms with Gasteiger partial charge in [0, 0.05) is 67.5 Å². The summed E-state index contributed by atoms with van der Waals surface area (Å²) in [5.74, 6) is 3.46. The highest BCUT2D eigenvalue weighted by molar-refractivity contribution is 5.72. The van der Waals surface area contributed by atoms with Crippen LogP contribution in [0.4, 0.5) is 10.1 Å². The highest BCUT2D eigenvalue weighted by Gasteiger charge is 2.40. The SMILES string of the molecule is C=C(/C=C/CCC(=C\C=C1\N(CCCOC)c2ccc(OC)cc2C1(C)C)/C(=C\C)OC(C(/C=C\[NH2+]CC1CCCCC1)=C/C)C(C)(C)C)C(C)(C)c1cc(OC)ccc1C.CCCCOC.CF. The maximum absolute atomic E-state index is 9.50. The highest BCUT2D eigenvalue weighted by atomic mass is 19.1. The second kappa shape index (κ2) is 31.1. The number of nitrogens with two attached hydrogens (primary N) is 1. The zero-order valence-electron chi connectivity index (χ0n) is 46.3. The van der Waals surface area contributed by atoms with Crippen LogP contribution in [0, 0.1) is 18.3 Å². The Morgan fingerprint density at radius 3 is 2.10 bits per heavy atom. The third-order valence-electron chi connectivity index (χ3n) is 13.7. The average molecular weight is 956 g/mol. The van der Waals surface area contributed by atoms with Crippen molar-refractivity contribution in [3.63, 3.8) is 0 Å². The number of anilines is 1. The number of nitrogens with zero attached hydrogens (tertiary/aromatic N) is 1. The molecule has 7 nitrogen and oxygen atoms in total. The molecule has 0 saturated heterocycles. The van der Waals surface area contributed by atoms with Gasteiger partial charge in [0.15, 0.2) is 0 Å². The van der Waals surface area contributed by atoms with Crippen molar-refractivity contribution in [1.82, 2.24) is 0 Å². The number of halogens is 1. The predicted molar refractivity (Wildman–Crippen MR) is 292 cm³/mol. The molecule has 1 aliphatic heterocycles. The summed E-state index contributed by atoms with van der Waals surface area (Å²) < 4.78 is 38.3. The van der Waals surface area contributed by atoms with E-state index in [1.54, 1.807) is 28.4 Å². The first-order chi connectivity index (χ1) is 32.9. The average Bonchev–Trinajstić information content (AvgIpc) is 3.55. The number of unbranched alkanes of at least 4 members (excludes halogenated alkanes) is 1. The second-order valence-electron chi connectivity index (χ2n) is 20.5. The Kier molecular flexibility index (Phi) is 27.4. The molecule has 0 spiro atoms. The fourth-order valence-corrected chi connectivity index (χ4v) is 9.30. The maximum atomic E-state index is 9.50. The van der Waals surface area contributed by atoms with E-state index in [-0.39, 0.29) is 22.3 Å². The number of ether oxygens (including phenoxy) is 5. The summed E-state index contributed by atoms with van der Waals surface area (Å²) in [6.45, 7) is 32.7. The Morgan fingerprint density at radius 2 is 1.52 bits per heavy atom. The molecule has 4 rings (SSSR count). The fraction of sp³-hybridized carbons (Fsp3) is 0.574. The molecule has 2 aromatic rings. The van der Waals surface area contributed by atoms with Gasteiger partial charge in [-0.15, -0.1) is 0 Å². The molecule has 8 heteroatoms. The molecule has 386 valence electrons. The lowest BCUT2D eigenvalue weighted by molar-refractivity contribution is -0.595. The Morgan fingerprint density at radius 1 is 0.884 bits per heavy atom. The summed E-state index contributed by atoms with van der Waals surface area (Å²) in [6, 6.07) is 12.8. The molecule has 69 heavy (non-hydrogen) atoms. The second-order valence-corrected chi connectivity index (χ2v) is 20.5. The molecule has 1 aliphatic carbocycles. The minimum absolute atomic E-state index is 0.147. The van der Waals surface area contributed by atoms with Crippen molar-refractivity contribution in [2.24, 2.45) is 11.3 Å². The molecule has 1 heterocycles.